The normalized spacial score (nSPS) is 14.6. The summed E-state index contributed by atoms with van der Waals surface area (Å²) in [6, 6.07) is 75.1. The van der Waals surface area contributed by atoms with Crippen LogP contribution in [-0.4, -0.2) is 0 Å². The highest BCUT2D eigenvalue weighted by Crippen LogP contribution is 2.56. The summed E-state index contributed by atoms with van der Waals surface area (Å²) < 4.78 is 0. The van der Waals surface area contributed by atoms with E-state index in [-0.39, 0.29) is 10.8 Å². The third-order valence-corrected chi connectivity index (χ3v) is 14.3. The maximum absolute atomic E-state index is 2.49. The van der Waals surface area contributed by atoms with Crippen LogP contribution in [0.5, 0.6) is 0 Å². The Bertz CT molecular complexity index is 3380. The van der Waals surface area contributed by atoms with Gasteiger partial charge in [-0.05, 0) is 132 Å². The van der Waals surface area contributed by atoms with Gasteiger partial charge in [0.2, 0.25) is 0 Å². The van der Waals surface area contributed by atoms with E-state index < -0.39 is 0 Å². The molecule has 2 heterocycles. The predicted octanol–water partition coefficient (Wildman–Crippen LogP) is 17.0. The minimum atomic E-state index is -0.147. The lowest BCUT2D eigenvalue weighted by atomic mass is 9.73. The Morgan fingerprint density at radius 3 is 1.25 bits per heavy atom. The molecule has 0 spiro atoms. The fourth-order valence-electron chi connectivity index (χ4n) is 11.1. The Hall–Kier alpha value is -7.42. The van der Waals surface area contributed by atoms with Crippen molar-refractivity contribution in [2.24, 2.45) is 0 Å². The summed E-state index contributed by atoms with van der Waals surface area (Å²) >= 11 is 0. The van der Waals surface area contributed by atoms with Crippen molar-refractivity contribution < 1.29 is 0 Å². The first-order valence-corrected chi connectivity index (χ1v) is 22.3. The second-order valence-electron chi connectivity index (χ2n) is 18.6. The zero-order chi connectivity index (χ0) is 42.6. The molecule has 2 aliphatic rings. The number of nitrogens with zero attached hydrogens (tertiary/aromatic N) is 2. The Morgan fingerprint density at radius 1 is 0.333 bits per heavy atom. The summed E-state index contributed by atoms with van der Waals surface area (Å²) in [5.74, 6) is 0. The highest BCUT2D eigenvalue weighted by molar-refractivity contribution is 6.24. The molecule has 0 atom stereocenters. The minimum absolute atomic E-state index is 0.145. The summed E-state index contributed by atoms with van der Waals surface area (Å²) in [4.78, 5) is 4.99. The van der Waals surface area contributed by atoms with Gasteiger partial charge < -0.3 is 9.80 Å². The molecule has 63 heavy (non-hydrogen) atoms. The highest BCUT2D eigenvalue weighted by atomic mass is 15.2. The molecule has 302 valence electrons. The van der Waals surface area contributed by atoms with E-state index in [0.29, 0.717) is 0 Å². The molecule has 10 aromatic rings. The molecular weight excluding hydrogens is 761 g/mol. The zero-order valence-electron chi connectivity index (χ0n) is 36.4. The third-order valence-electron chi connectivity index (χ3n) is 14.3. The van der Waals surface area contributed by atoms with Crippen molar-refractivity contribution in [1.29, 1.82) is 0 Å². The lowest BCUT2D eigenvalue weighted by Crippen LogP contribution is -2.30. The standard InChI is InChI=1S/C61H48N2/c1-39-29-31-41(32-30-39)58-46-35-33-43(63-56-27-14-10-23-52(56)61(4,5)53-24-11-15-28-57(53)63)38-49(46)59(45-20-16-18-40-17-6-7-19-44(40)45)47-36-34-42(37-48(47)58)62-54-25-12-8-21-50(54)60(2,3)51-22-9-13-26-55(51)62/h6-38H,1-5H3. The van der Waals surface area contributed by atoms with Crippen molar-refractivity contribution in [3.63, 3.8) is 0 Å². The van der Waals surface area contributed by atoms with E-state index in [4.69, 9.17) is 0 Å². The maximum Gasteiger partial charge on any atom is 0.0502 e. The molecule has 0 saturated carbocycles. The van der Waals surface area contributed by atoms with Crippen molar-refractivity contribution in [1.82, 2.24) is 0 Å². The van der Waals surface area contributed by atoms with Crippen LogP contribution in [0.2, 0.25) is 0 Å². The fraction of sp³-hybridized carbons (Fsp3) is 0.115. The molecule has 0 saturated heterocycles. The van der Waals surface area contributed by atoms with Crippen LogP contribution in [0.1, 0.15) is 55.5 Å². The van der Waals surface area contributed by atoms with Crippen molar-refractivity contribution in [2.75, 3.05) is 9.80 Å². The summed E-state index contributed by atoms with van der Waals surface area (Å²) in [6.07, 6.45) is 0. The number of benzene rings is 10. The lowest BCUT2D eigenvalue weighted by Gasteiger charge is -2.42. The monoisotopic (exact) mass is 808 g/mol. The molecular formula is C61H48N2. The molecule has 2 heteroatoms. The molecule has 0 unspecified atom stereocenters. The number of anilines is 6. The molecule has 0 fully saturated rings. The molecule has 0 aliphatic carbocycles. The molecule has 0 amide bonds. The van der Waals surface area contributed by atoms with Gasteiger partial charge in [-0.25, -0.2) is 0 Å². The van der Waals surface area contributed by atoms with E-state index in [2.05, 4.69) is 245 Å². The van der Waals surface area contributed by atoms with Crippen molar-refractivity contribution in [3.05, 3.63) is 228 Å². The number of hydrogen-bond acceptors (Lipinski definition) is 2. The van der Waals surface area contributed by atoms with Gasteiger partial charge in [-0.15, -0.1) is 0 Å². The summed E-state index contributed by atoms with van der Waals surface area (Å²) in [5.41, 5.74) is 18.4. The van der Waals surface area contributed by atoms with E-state index >= 15 is 0 Å². The smallest absolute Gasteiger partial charge is 0.0502 e. The van der Waals surface area contributed by atoms with E-state index in [1.54, 1.807) is 0 Å². The largest absolute Gasteiger partial charge is 0.310 e. The number of para-hydroxylation sites is 4. The molecule has 2 nitrogen and oxygen atoms in total. The SMILES string of the molecule is Cc1ccc(-c2c3cc(N4c5ccccc5C(C)(C)c5ccccc54)ccc3c(-c3cccc4ccccc34)c3cc(N4c5ccccc5C(C)(C)c5ccccc54)ccc23)cc1. The fourth-order valence-corrected chi connectivity index (χ4v) is 11.1. The van der Waals surface area contributed by atoms with Gasteiger partial charge in [-0.2, -0.15) is 0 Å². The number of fused-ring (bicyclic) bond motifs is 7. The van der Waals surface area contributed by atoms with Crippen LogP contribution in [0.3, 0.4) is 0 Å². The maximum atomic E-state index is 2.49. The minimum Gasteiger partial charge on any atom is -0.310 e. The van der Waals surface area contributed by atoms with Crippen LogP contribution in [0.25, 0.3) is 54.6 Å². The first-order chi connectivity index (χ1) is 30.7. The molecule has 0 aromatic heterocycles. The van der Waals surface area contributed by atoms with Crippen molar-refractivity contribution in [2.45, 2.75) is 45.4 Å². The second kappa shape index (κ2) is 13.8. The molecule has 0 radical (unpaired) electrons. The first kappa shape index (κ1) is 37.4. The van der Waals surface area contributed by atoms with Gasteiger partial charge in [0.15, 0.2) is 0 Å². The third kappa shape index (κ3) is 5.50. The topological polar surface area (TPSA) is 6.48 Å². The van der Waals surface area contributed by atoms with Gasteiger partial charge in [0, 0.05) is 22.2 Å². The quantitative estimate of drug-likeness (QED) is 0.163. The van der Waals surface area contributed by atoms with Crippen molar-refractivity contribution in [3.8, 4) is 22.3 Å². The average molecular weight is 809 g/mol. The van der Waals surface area contributed by atoms with Gasteiger partial charge in [0.1, 0.15) is 0 Å². The van der Waals surface area contributed by atoms with E-state index in [0.717, 1.165) is 11.4 Å². The lowest BCUT2D eigenvalue weighted by molar-refractivity contribution is 0.632. The van der Waals surface area contributed by atoms with Gasteiger partial charge in [-0.1, -0.05) is 185 Å². The van der Waals surface area contributed by atoms with Crippen LogP contribution in [-0.2, 0) is 10.8 Å². The van der Waals surface area contributed by atoms with E-state index in [9.17, 15) is 0 Å². The second-order valence-corrected chi connectivity index (χ2v) is 18.6. The Kier molecular flexibility index (Phi) is 8.18. The zero-order valence-corrected chi connectivity index (χ0v) is 36.4. The Labute approximate surface area is 370 Å². The summed E-state index contributed by atoms with van der Waals surface area (Å²) in [7, 11) is 0. The molecule has 10 aromatic carbocycles. The molecule has 0 bridgehead atoms. The molecule has 0 N–H and O–H groups in total. The average Bonchev–Trinajstić information content (AvgIpc) is 3.31. The molecule has 2 aliphatic heterocycles. The molecule has 12 rings (SSSR count). The van der Waals surface area contributed by atoms with Gasteiger partial charge >= 0.3 is 0 Å². The van der Waals surface area contributed by atoms with Crippen LogP contribution in [0.4, 0.5) is 34.1 Å². The number of rotatable bonds is 4. The summed E-state index contributed by atoms with van der Waals surface area (Å²) in [5, 5.41) is 7.41. The van der Waals surface area contributed by atoms with Crippen LogP contribution >= 0.6 is 0 Å². The highest BCUT2D eigenvalue weighted by Gasteiger charge is 2.38. The van der Waals surface area contributed by atoms with Gasteiger partial charge in [0.25, 0.3) is 0 Å². The number of hydrogen-bond donors (Lipinski definition) is 0. The van der Waals surface area contributed by atoms with Crippen molar-refractivity contribution >= 4 is 66.4 Å². The van der Waals surface area contributed by atoms with Gasteiger partial charge in [-0.3, -0.25) is 0 Å². The van der Waals surface area contributed by atoms with E-state index in [1.807, 2.05) is 0 Å². The first-order valence-electron chi connectivity index (χ1n) is 22.3. The number of aryl methyl sites for hydroxylation is 1. The predicted molar refractivity (Wildman–Crippen MR) is 268 cm³/mol. The summed E-state index contributed by atoms with van der Waals surface area (Å²) in [6.45, 7) is 11.6. The van der Waals surface area contributed by atoms with E-state index in [1.165, 1.54) is 105 Å². The Balaban J connectivity index is 1.20. The van der Waals surface area contributed by atoms with Gasteiger partial charge in [0.05, 0.1) is 22.7 Å². The van der Waals surface area contributed by atoms with Crippen LogP contribution < -0.4 is 9.80 Å². The van der Waals surface area contributed by atoms with Crippen LogP contribution in [0.15, 0.2) is 200 Å². The Morgan fingerprint density at radius 2 is 0.746 bits per heavy atom. The van der Waals surface area contributed by atoms with Crippen LogP contribution in [0, 0.1) is 6.92 Å².